The van der Waals surface area contributed by atoms with Crippen molar-refractivity contribution in [2.24, 2.45) is 4.99 Å². The number of nitriles is 1. The third-order valence-electron chi connectivity index (χ3n) is 3.01. The van der Waals surface area contributed by atoms with E-state index in [0.29, 0.717) is 23.6 Å². The van der Waals surface area contributed by atoms with E-state index in [2.05, 4.69) is 20.6 Å². The topological polar surface area (TPSA) is 73.1 Å². The molecule has 1 aromatic heterocycles. The van der Waals surface area contributed by atoms with Gasteiger partial charge in [-0.05, 0) is 30.3 Å². The minimum Gasteiger partial charge on any atom is -0.352 e. The predicted molar refractivity (Wildman–Crippen MR) is 82.4 cm³/mol. The summed E-state index contributed by atoms with van der Waals surface area (Å²) in [5.41, 5.74) is 1.72. The molecular formula is C16H16FN5. The van der Waals surface area contributed by atoms with Crippen LogP contribution >= 0.6 is 0 Å². The molecule has 1 heterocycles. The molecule has 1 aromatic carbocycles. The van der Waals surface area contributed by atoms with E-state index in [1.165, 1.54) is 18.2 Å². The van der Waals surface area contributed by atoms with Crippen LogP contribution < -0.4 is 10.6 Å². The maximum atomic E-state index is 13.7. The molecule has 0 bridgehead atoms. The predicted octanol–water partition coefficient (Wildman–Crippen LogP) is 1.96. The van der Waals surface area contributed by atoms with Crippen molar-refractivity contribution < 1.29 is 4.39 Å². The molecule has 112 valence electrons. The Morgan fingerprint density at radius 3 is 2.77 bits per heavy atom. The van der Waals surface area contributed by atoms with Crippen molar-refractivity contribution >= 4 is 5.96 Å². The highest BCUT2D eigenvalue weighted by Crippen LogP contribution is 2.09. The molecule has 0 radical (unpaired) electrons. The number of hydrogen-bond donors (Lipinski definition) is 2. The summed E-state index contributed by atoms with van der Waals surface area (Å²) in [7, 11) is 1.63. The summed E-state index contributed by atoms with van der Waals surface area (Å²) < 4.78 is 13.7. The van der Waals surface area contributed by atoms with E-state index in [0.717, 1.165) is 5.69 Å². The molecule has 0 aliphatic carbocycles. The van der Waals surface area contributed by atoms with E-state index in [9.17, 15) is 4.39 Å². The Hall–Kier alpha value is -2.94. The molecule has 0 aliphatic rings. The first-order chi connectivity index (χ1) is 10.7. The van der Waals surface area contributed by atoms with Crippen LogP contribution in [0.2, 0.25) is 0 Å². The Balaban J connectivity index is 1.93. The van der Waals surface area contributed by atoms with Crippen LogP contribution in [0.1, 0.15) is 16.8 Å². The number of nitrogens with zero attached hydrogens (tertiary/aromatic N) is 3. The second-order valence-corrected chi connectivity index (χ2v) is 4.52. The van der Waals surface area contributed by atoms with E-state index < -0.39 is 0 Å². The number of guanidine groups is 1. The third kappa shape index (κ3) is 4.28. The zero-order chi connectivity index (χ0) is 15.8. The Kier molecular flexibility index (Phi) is 5.44. The normalized spacial score (nSPS) is 10.9. The molecule has 0 aliphatic heterocycles. The monoisotopic (exact) mass is 297 g/mol. The molecule has 0 saturated carbocycles. The SMILES string of the molecule is CN=C(NCc1ccccn1)NCc1cc(C#N)ccc1F. The zero-order valence-electron chi connectivity index (χ0n) is 12.2. The summed E-state index contributed by atoms with van der Waals surface area (Å²) in [6, 6.07) is 11.9. The second kappa shape index (κ2) is 7.74. The first-order valence-corrected chi connectivity index (χ1v) is 6.76. The highest BCUT2D eigenvalue weighted by molar-refractivity contribution is 5.79. The highest BCUT2D eigenvalue weighted by atomic mass is 19.1. The van der Waals surface area contributed by atoms with Crippen LogP contribution in [-0.2, 0) is 13.1 Å². The van der Waals surface area contributed by atoms with Crippen LogP contribution in [-0.4, -0.2) is 18.0 Å². The summed E-state index contributed by atoms with van der Waals surface area (Å²) in [5, 5.41) is 15.0. The molecule has 6 heteroatoms. The standard InChI is InChI=1S/C16H16FN5/c1-19-16(22-11-14-4-2-3-7-20-14)21-10-13-8-12(9-18)5-6-15(13)17/h2-8H,10-11H2,1H3,(H2,19,21,22). The van der Waals surface area contributed by atoms with Crippen molar-refractivity contribution in [2.75, 3.05) is 7.05 Å². The van der Waals surface area contributed by atoms with E-state index in [-0.39, 0.29) is 12.4 Å². The fourth-order valence-electron chi connectivity index (χ4n) is 1.86. The van der Waals surface area contributed by atoms with Crippen LogP contribution in [0.3, 0.4) is 0 Å². The number of pyridine rings is 1. The van der Waals surface area contributed by atoms with Gasteiger partial charge < -0.3 is 10.6 Å². The quantitative estimate of drug-likeness (QED) is 0.668. The van der Waals surface area contributed by atoms with Crippen LogP contribution in [0.4, 0.5) is 4.39 Å². The van der Waals surface area contributed by atoms with Crippen molar-refractivity contribution in [3.05, 3.63) is 65.2 Å². The molecule has 2 aromatic rings. The first kappa shape index (κ1) is 15.4. The average Bonchev–Trinajstić information content (AvgIpc) is 2.57. The largest absolute Gasteiger partial charge is 0.352 e. The van der Waals surface area contributed by atoms with Gasteiger partial charge in [0.05, 0.1) is 23.9 Å². The average molecular weight is 297 g/mol. The van der Waals surface area contributed by atoms with E-state index in [4.69, 9.17) is 5.26 Å². The van der Waals surface area contributed by atoms with Gasteiger partial charge in [-0.15, -0.1) is 0 Å². The molecule has 0 atom stereocenters. The fraction of sp³-hybridized carbons (Fsp3) is 0.188. The van der Waals surface area contributed by atoms with Gasteiger partial charge in [0, 0.05) is 25.4 Å². The zero-order valence-corrected chi connectivity index (χ0v) is 12.2. The molecule has 0 fully saturated rings. The lowest BCUT2D eigenvalue weighted by atomic mass is 10.1. The first-order valence-electron chi connectivity index (χ1n) is 6.76. The molecule has 0 saturated heterocycles. The maximum Gasteiger partial charge on any atom is 0.191 e. The number of benzene rings is 1. The van der Waals surface area contributed by atoms with Crippen molar-refractivity contribution in [1.82, 2.24) is 15.6 Å². The van der Waals surface area contributed by atoms with Gasteiger partial charge in [0.15, 0.2) is 5.96 Å². The molecule has 0 unspecified atom stereocenters. The van der Waals surface area contributed by atoms with E-state index in [1.807, 2.05) is 24.3 Å². The lowest BCUT2D eigenvalue weighted by Crippen LogP contribution is -2.36. The van der Waals surface area contributed by atoms with Crippen LogP contribution in [0.5, 0.6) is 0 Å². The minimum absolute atomic E-state index is 0.239. The summed E-state index contributed by atoms with van der Waals surface area (Å²) in [5.74, 6) is 0.180. The van der Waals surface area contributed by atoms with Crippen molar-refractivity contribution in [1.29, 1.82) is 5.26 Å². The van der Waals surface area contributed by atoms with Gasteiger partial charge in [-0.1, -0.05) is 6.07 Å². The summed E-state index contributed by atoms with van der Waals surface area (Å²) in [4.78, 5) is 8.27. The number of aliphatic imine (C=N–C) groups is 1. The molecule has 2 N–H and O–H groups in total. The molecule has 0 amide bonds. The highest BCUT2D eigenvalue weighted by Gasteiger charge is 2.05. The Labute approximate surface area is 128 Å². The molecule has 22 heavy (non-hydrogen) atoms. The number of rotatable bonds is 4. The number of aromatic nitrogens is 1. The minimum atomic E-state index is -0.355. The van der Waals surface area contributed by atoms with Crippen molar-refractivity contribution in [3.63, 3.8) is 0 Å². The summed E-state index contributed by atoms with van der Waals surface area (Å²) >= 11 is 0. The number of hydrogen-bond acceptors (Lipinski definition) is 3. The Morgan fingerprint density at radius 2 is 2.09 bits per heavy atom. The molecule has 0 spiro atoms. The van der Waals surface area contributed by atoms with E-state index >= 15 is 0 Å². The van der Waals surface area contributed by atoms with Crippen LogP contribution in [0, 0.1) is 17.1 Å². The van der Waals surface area contributed by atoms with Crippen LogP contribution in [0.25, 0.3) is 0 Å². The second-order valence-electron chi connectivity index (χ2n) is 4.52. The van der Waals surface area contributed by atoms with Gasteiger partial charge >= 0.3 is 0 Å². The fourth-order valence-corrected chi connectivity index (χ4v) is 1.86. The molecule has 5 nitrogen and oxygen atoms in total. The Morgan fingerprint density at radius 1 is 1.27 bits per heavy atom. The van der Waals surface area contributed by atoms with E-state index in [1.54, 1.807) is 13.2 Å². The summed E-state index contributed by atoms with van der Waals surface area (Å²) in [6.45, 7) is 0.754. The lowest BCUT2D eigenvalue weighted by molar-refractivity contribution is 0.604. The molecular weight excluding hydrogens is 281 g/mol. The van der Waals surface area contributed by atoms with Crippen LogP contribution in [0.15, 0.2) is 47.6 Å². The third-order valence-corrected chi connectivity index (χ3v) is 3.01. The lowest BCUT2D eigenvalue weighted by Gasteiger charge is -2.12. The van der Waals surface area contributed by atoms with Crippen molar-refractivity contribution in [2.45, 2.75) is 13.1 Å². The Bertz CT molecular complexity index is 691. The van der Waals surface area contributed by atoms with Gasteiger partial charge in [-0.3, -0.25) is 9.98 Å². The smallest absolute Gasteiger partial charge is 0.191 e. The maximum absolute atomic E-state index is 13.7. The van der Waals surface area contributed by atoms with Gasteiger partial charge in [0.25, 0.3) is 0 Å². The van der Waals surface area contributed by atoms with Crippen molar-refractivity contribution in [3.8, 4) is 6.07 Å². The summed E-state index contributed by atoms with van der Waals surface area (Å²) in [6.07, 6.45) is 1.72. The van der Waals surface area contributed by atoms with Gasteiger partial charge in [0.2, 0.25) is 0 Å². The number of nitrogens with one attached hydrogen (secondary N) is 2. The number of halogens is 1. The van der Waals surface area contributed by atoms with Gasteiger partial charge in [0.1, 0.15) is 5.82 Å². The molecule has 2 rings (SSSR count). The van der Waals surface area contributed by atoms with Gasteiger partial charge in [-0.2, -0.15) is 5.26 Å². The van der Waals surface area contributed by atoms with Gasteiger partial charge in [-0.25, -0.2) is 4.39 Å².